The molecule has 0 spiro atoms. The Morgan fingerprint density at radius 1 is 1.41 bits per heavy atom. The molecular formula is C11H14N2O4. The SMILES string of the molecule is CCOC(=O)CNCc1ccc([N+](=O)[O-])cc1. The largest absolute Gasteiger partial charge is 0.465 e. The van der Waals surface area contributed by atoms with Gasteiger partial charge in [0.2, 0.25) is 0 Å². The first kappa shape index (κ1) is 13.1. The molecule has 0 aliphatic heterocycles. The van der Waals surface area contributed by atoms with Gasteiger partial charge in [-0.1, -0.05) is 12.1 Å². The summed E-state index contributed by atoms with van der Waals surface area (Å²) in [6, 6.07) is 6.16. The van der Waals surface area contributed by atoms with Crippen molar-refractivity contribution < 1.29 is 14.5 Å². The molecule has 0 radical (unpaired) electrons. The number of ether oxygens (including phenoxy) is 1. The minimum absolute atomic E-state index is 0.0548. The number of benzene rings is 1. The summed E-state index contributed by atoms with van der Waals surface area (Å²) in [6.45, 7) is 2.70. The van der Waals surface area contributed by atoms with Gasteiger partial charge in [-0.25, -0.2) is 0 Å². The van der Waals surface area contributed by atoms with Gasteiger partial charge in [-0.15, -0.1) is 0 Å². The van der Waals surface area contributed by atoms with Gasteiger partial charge in [0.05, 0.1) is 18.1 Å². The number of carbonyl (C=O) groups excluding carboxylic acids is 1. The van der Waals surface area contributed by atoms with Gasteiger partial charge in [-0.2, -0.15) is 0 Å². The highest BCUT2D eigenvalue weighted by Gasteiger charge is 2.04. The number of carbonyl (C=O) groups is 1. The van der Waals surface area contributed by atoms with E-state index in [0.717, 1.165) is 5.56 Å². The van der Waals surface area contributed by atoms with Crippen LogP contribution in [0.4, 0.5) is 5.69 Å². The van der Waals surface area contributed by atoms with E-state index in [0.29, 0.717) is 13.2 Å². The molecule has 0 saturated heterocycles. The van der Waals surface area contributed by atoms with Crippen molar-refractivity contribution in [3.8, 4) is 0 Å². The van der Waals surface area contributed by atoms with Crippen LogP contribution < -0.4 is 5.32 Å². The van der Waals surface area contributed by atoms with E-state index in [2.05, 4.69) is 5.32 Å². The molecule has 1 aromatic rings. The molecule has 6 nitrogen and oxygen atoms in total. The van der Waals surface area contributed by atoms with Crippen LogP contribution in [0.5, 0.6) is 0 Å². The Morgan fingerprint density at radius 2 is 2.06 bits per heavy atom. The highest BCUT2D eigenvalue weighted by atomic mass is 16.6. The van der Waals surface area contributed by atoms with Crippen molar-refractivity contribution >= 4 is 11.7 Å². The maximum absolute atomic E-state index is 11.0. The number of hydrogen-bond acceptors (Lipinski definition) is 5. The molecule has 1 rings (SSSR count). The lowest BCUT2D eigenvalue weighted by molar-refractivity contribution is -0.384. The first-order valence-electron chi connectivity index (χ1n) is 5.23. The summed E-state index contributed by atoms with van der Waals surface area (Å²) < 4.78 is 4.74. The second-order valence-corrected chi connectivity index (χ2v) is 3.33. The average molecular weight is 238 g/mol. The van der Waals surface area contributed by atoms with Gasteiger partial charge in [0.15, 0.2) is 0 Å². The highest BCUT2D eigenvalue weighted by molar-refractivity contribution is 5.71. The summed E-state index contributed by atoms with van der Waals surface area (Å²) in [6.07, 6.45) is 0. The molecule has 0 unspecified atom stereocenters. The molecule has 0 aromatic heterocycles. The van der Waals surface area contributed by atoms with Gasteiger partial charge in [-0.3, -0.25) is 14.9 Å². The molecule has 6 heteroatoms. The standard InChI is InChI=1S/C11H14N2O4/c1-2-17-11(14)8-12-7-9-3-5-10(6-4-9)13(15)16/h3-6,12H,2,7-8H2,1H3. The van der Waals surface area contributed by atoms with Gasteiger partial charge >= 0.3 is 5.97 Å². The van der Waals surface area contributed by atoms with Gasteiger partial charge in [0.1, 0.15) is 0 Å². The second kappa shape index (κ2) is 6.59. The Labute approximate surface area is 98.7 Å². The first-order valence-corrected chi connectivity index (χ1v) is 5.23. The van der Waals surface area contributed by atoms with Gasteiger partial charge in [-0.05, 0) is 12.5 Å². The Hall–Kier alpha value is -1.95. The van der Waals surface area contributed by atoms with Crippen LogP contribution in [-0.2, 0) is 16.1 Å². The summed E-state index contributed by atoms with van der Waals surface area (Å²) >= 11 is 0. The van der Waals surface area contributed by atoms with Crippen LogP contribution in [0, 0.1) is 10.1 Å². The number of nitrogens with zero attached hydrogens (tertiary/aromatic N) is 1. The Bertz CT molecular complexity index is 389. The number of esters is 1. The summed E-state index contributed by atoms with van der Waals surface area (Å²) in [5, 5.41) is 13.3. The van der Waals surface area contributed by atoms with E-state index in [1.807, 2.05) is 0 Å². The number of hydrogen-bond donors (Lipinski definition) is 1. The minimum atomic E-state index is -0.449. The third kappa shape index (κ3) is 4.60. The Balaban J connectivity index is 2.37. The lowest BCUT2D eigenvalue weighted by Gasteiger charge is -2.04. The van der Waals surface area contributed by atoms with E-state index >= 15 is 0 Å². The molecule has 0 amide bonds. The molecule has 17 heavy (non-hydrogen) atoms. The summed E-state index contributed by atoms with van der Waals surface area (Å²) in [5.41, 5.74) is 0.930. The van der Waals surface area contributed by atoms with Crippen molar-refractivity contribution in [2.45, 2.75) is 13.5 Å². The van der Waals surface area contributed by atoms with E-state index in [9.17, 15) is 14.9 Å². The van der Waals surface area contributed by atoms with Crippen molar-refractivity contribution in [2.75, 3.05) is 13.2 Å². The van der Waals surface area contributed by atoms with Crippen LogP contribution in [-0.4, -0.2) is 24.0 Å². The van der Waals surface area contributed by atoms with Crippen LogP contribution in [0.25, 0.3) is 0 Å². The molecule has 0 aliphatic rings. The molecule has 1 N–H and O–H groups in total. The van der Waals surface area contributed by atoms with Gasteiger partial charge in [0.25, 0.3) is 5.69 Å². The van der Waals surface area contributed by atoms with Crippen molar-refractivity contribution in [2.24, 2.45) is 0 Å². The second-order valence-electron chi connectivity index (χ2n) is 3.33. The third-order valence-electron chi connectivity index (χ3n) is 2.05. The van der Waals surface area contributed by atoms with Crippen molar-refractivity contribution in [1.29, 1.82) is 0 Å². The van der Waals surface area contributed by atoms with E-state index < -0.39 is 4.92 Å². The highest BCUT2D eigenvalue weighted by Crippen LogP contribution is 2.11. The molecule has 0 saturated carbocycles. The fourth-order valence-electron chi connectivity index (χ4n) is 1.26. The van der Waals surface area contributed by atoms with Crippen molar-refractivity contribution in [3.63, 3.8) is 0 Å². The number of non-ortho nitro benzene ring substituents is 1. The molecule has 0 aliphatic carbocycles. The zero-order chi connectivity index (χ0) is 12.7. The van der Waals surface area contributed by atoms with Crippen LogP contribution in [0.3, 0.4) is 0 Å². The molecule has 1 aromatic carbocycles. The molecule has 0 fully saturated rings. The van der Waals surface area contributed by atoms with Crippen LogP contribution in [0.2, 0.25) is 0 Å². The van der Waals surface area contributed by atoms with Crippen molar-refractivity contribution in [1.82, 2.24) is 5.32 Å². The Morgan fingerprint density at radius 3 is 2.59 bits per heavy atom. The lowest BCUT2D eigenvalue weighted by Crippen LogP contribution is -2.24. The quantitative estimate of drug-likeness (QED) is 0.458. The molecule has 0 atom stereocenters. The summed E-state index contributed by atoms with van der Waals surface area (Å²) in [4.78, 5) is 21.0. The number of rotatable bonds is 6. The summed E-state index contributed by atoms with van der Waals surface area (Å²) in [5.74, 6) is -0.311. The summed E-state index contributed by atoms with van der Waals surface area (Å²) in [7, 11) is 0. The van der Waals surface area contributed by atoms with Crippen LogP contribution >= 0.6 is 0 Å². The Kier molecular flexibility index (Phi) is 5.09. The normalized spacial score (nSPS) is 9.94. The van der Waals surface area contributed by atoms with Crippen LogP contribution in [0.1, 0.15) is 12.5 Å². The lowest BCUT2D eigenvalue weighted by atomic mass is 10.2. The number of nitro benzene ring substituents is 1. The monoisotopic (exact) mass is 238 g/mol. The molecule has 92 valence electrons. The zero-order valence-corrected chi connectivity index (χ0v) is 9.51. The molecule has 0 heterocycles. The fraction of sp³-hybridized carbons (Fsp3) is 0.364. The third-order valence-corrected chi connectivity index (χ3v) is 2.05. The zero-order valence-electron chi connectivity index (χ0n) is 9.51. The average Bonchev–Trinajstić information content (AvgIpc) is 2.30. The van der Waals surface area contributed by atoms with Gasteiger partial charge < -0.3 is 10.1 Å². The maximum Gasteiger partial charge on any atom is 0.319 e. The smallest absolute Gasteiger partial charge is 0.319 e. The minimum Gasteiger partial charge on any atom is -0.465 e. The number of nitro groups is 1. The maximum atomic E-state index is 11.0. The van der Waals surface area contributed by atoms with E-state index in [4.69, 9.17) is 4.74 Å². The topological polar surface area (TPSA) is 81.5 Å². The van der Waals surface area contributed by atoms with E-state index in [1.165, 1.54) is 12.1 Å². The van der Waals surface area contributed by atoms with Crippen LogP contribution in [0.15, 0.2) is 24.3 Å². The molecule has 0 bridgehead atoms. The van der Waals surface area contributed by atoms with Crippen molar-refractivity contribution in [3.05, 3.63) is 39.9 Å². The molecular weight excluding hydrogens is 224 g/mol. The fourth-order valence-corrected chi connectivity index (χ4v) is 1.26. The first-order chi connectivity index (χ1) is 8.13. The predicted octanol–water partition coefficient (Wildman–Crippen LogP) is 1.25. The predicted molar refractivity (Wildman–Crippen MR) is 61.4 cm³/mol. The van der Waals surface area contributed by atoms with E-state index in [-0.39, 0.29) is 18.2 Å². The van der Waals surface area contributed by atoms with Gasteiger partial charge in [0, 0.05) is 18.7 Å². The van der Waals surface area contributed by atoms with E-state index in [1.54, 1.807) is 19.1 Å². The number of nitrogens with one attached hydrogen (secondary N) is 1.